The first kappa shape index (κ1) is 18.4. The number of aryl methyl sites for hydroxylation is 2. The molecule has 0 saturated carbocycles. The molecule has 0 radical (unpaired) electrons. The summed E-state index contributed by atoms with van der Waals surface area (Å²) in [5.41, 5.74) is 3.81. The number of benzene rings is 3. The molecule has 0 bridgehead atoms. The number of rotatable bonds is 4. The quantitative estimate of drug-likeness (QED) is 0.726. The van der Waals surface area contributed by atoms with Crippen LogP contribution in [0.3, 0.4) is 0 Å². The van der Waals surface area contributed by atoms with Crippen LogP contribution in [-0.4, -0.2) is 14.3 Å². The molecular weight excluding hydrogens is 370 g/mol. The van der Waals surface area contributed by atoms with Crippen molar-refractivity contribution in [1.29, 1.82) is 0 Å². The summed E-state index contributed by atoms with van der Waals surface area (Å²) < 4.78 is 26.1. The highest BCUT2D eigenvalue weighted by atomic mass is 32.2. The van der Waals surface area contributed by atoms with Crippen LogP contribution in [0.4, 0.5) is 5.69 Å². The van der Waals surface area contributed by atoms with Gasteiger partial charge in [-0.1, -0.05) is 60.2 Å². The summed E-state index contributed by atoms with van der Waals surface area (Å²) in [6, 6.07) is 21.3. The van der Waals surface area contributed by atoms with Crippen molar-refractivity contribution in [3.05, 3.63) is 95.1 Å². The average molecular weight is 391 g/mol. The third kappa shape index (κ3) is 2.66. The molecule has 1 amide bonds. The Morgan fingerprint density at radius 3 is 2.21 bits per heavy atom. The van der Waals surface area contributed by atoms with Crippen LogP contribution in [0.5, 0.6) is 0 Å². The molecule has 3 aromatic carbocycles. The summed E-state index contributed by atoms with van der Waals surface area (Å²) in [4.78, 5) is 13.4. The van der Waals surface area contributed by atoms with E-state index in [1.807, 2.05) is 38.1 Å². The minimum atomic E-state index is -4.01. The maximum absolute atomic E-state index is 13.9. The minimum absolute atomic E-state index is 0.0821. The smallest absolute Gasteiger partial charge is 0.251 e. The number of carbonyl (C=O) groups is 1. The monoisotopic (exact) mass is 391 g/mol. The molecule has 0 fully saturated rings. The van der Waals surface area contributed by atoms with Crippen molar-refractivity contribution < 1.29 is 13.2 Å². The molecule has 1 heterocycles. The third-order valence-corrected chi connectivity index (χ3v) is 7.83. The molecule has 4 rings (SSSR count). The van der Waals surface area contributed by atoms with Crippen LogP contribution in [-0.2, 0) is 25.8 Å². The van der Waals surface area contributed by atoms with Crippen LogP contribution in [0.15, 0.2) is 77.7 Å². The van der Waals surface area contributed by atoms with E-state index in [4.69, 9.17) is 0 Å². The Balaban J connectivity index is 1.99. The molecule has 0 aliphatic carbocycles. The highest BCUT2D eigenvalue weighted by Gasteiger charge is 2.57. The number of hydrogen-bond donors (Lipinski definition) is 1. The van der Waals surface area contributed by atoms with E-state index in [9.17, 15) is 13.2 Å². The normalized spacial score (nSPS) is 18.6. The van der Waals surface area contributed by atoms with Gasteiger partial charge in [0, 0.05) is 17.7 Å². The number of carbonyl (C=O) groups excluding carboxylic acids is 1. The molecule has 0 spiro atoms. The van der Waals surface area contributed by atoms with Crippen molar-refractivity contribution in [3.63, 3.8) is 0 Å². The van der Waals surface area contributed by atoms with E-state index in [1.54, 1.807) is 48.5 Å². The summed E-state index contributed by atoms with van der Waals surface area (Å²) in [6.45, 7) is 3.83. The Morgan fingerprint density at radius 1 is 0.857 bits per heavy atom. The molecule has 142 valence electrons. The van der Waals surface area contributed by atoms with Gasteiger partial charge in [-0.25, -0.2) is 8.42 Å². The molecule has 1 unspecified atom stereocenters. The Kier molecular flexibility index (Phi) is 4.35. The zero-order chi connectivity index (χ0) is 19.9. The van der Waals surface area contributed by atoms with Crippen LogP contribution in [0.2, 0.25) is 0 Å². The first-order valence-electron chi connectivity index (χ1n) is 9.13. The molecular formula is C23H21NO3S. The highest BCUT2D eigenvalue weighted by Crippen LogP contribution is 2.47. The fraction of sp³-hybridized carbons (Fsp3) is 0.174. The molecule has 3 aromatic rings. The topological polar surface area (TPSA) is 63.2 Å². The van der Waals surface area contributed by atoms with Crippen molar-refractivity contribution in [2.45, 2.75) is 29.9 Å². The minimum Gasteiger partial charge on any atom is -0.324 e. The van der Waals surface area contributed by atoms with Gasteiger partial charge in [-0.2, -0.15) is 0 Å². The van der Waals surface area contributed by atoms with Gasteiger partial charge in [-0.3, -0.25) is 4.79 Å². The zero-order valence-electron chi connectivity index (χ0n) is 15.8. The Labute approximate surface area is 165 Å². The summed E-state index contributed by atoms with van der Waals surface area (Å²) in [6.07, 6.45) is 0.0821. The number of para-hydroxylation sites is 1. The second-order valence-corrected chi connectivity index (χ2v) is 9.42. The molecule has 0 saturated heterocycles. The van der Waals surface area contributed by atoms with Crippen molar-refractivity contribution >= 4 is 21.4 Å². The molecule has 1 aliphatic rings. The second kappa shape index (κ2) is 6.60. The van der Waals surface area contributed by atoms with Crippen molar-refractivity contribution in [1.82, 2.24) is 0 Å². The van der Waals surface area contributed by atoms with Crippen LogP contribution < -0.4 is 5.32 Å². The number of amides is 1. The van der Waals surface area contributed by atoms with Crippen LogP contribution in [0, 0.1) is 13.8 Å². The van der Waals surface area contributed by atoms with Gasteiger partial charge in [0.25, 0.3) is 5.91 Å². The van der Waals surface area contributed by atoms with E-state index in [-0.39, 0.29) is 11.3 Å². The van der Waals surface area contributed by atoms with Crippen LogP contribution in [0.1, 0.15) is 22.3 Å². The molecule has 1 aliphatic heterocycles. The van der Waals surface area contributed by atoms with E-state index < -0.39 is 20.5 Å². The predicted octanol–water partition coefficient (Wildman–Crippen LogP) is 4.17. The lowest BCUT2D eigenvalue weighted by molar-refractivity contribution is -0.118. The van der Waals surface area contributed by atoms with Gasteiger partial charge in [-0.05, 0) is 43.2 Å². The van der Waals surface area contributed by atoms with Crippen molar-refractivity contribution in [2.24, 2.45) is 0 Å². The van der Waals surface area contributed by atoms with Crippen molar-refractivity contribution in [3.8, 4) is 0 Å². The summed E-state index contributed by atoms with van der Waals surface area (Å²) in [5.74, 6) is -0.502. The fourth-order valence-corrected chi connectivity index (χ4v) is 5.83. The third-order valence-electron chi connectivity index (χ3n) is 5.47. The van der Waals surface area contributed by atoms with Crippen LogP contribution in [0.25, 0.3) is 0 Å². The first-order valence-corrected chi connectivity index (χ1v) is 10.6. The summed E-state index contributed by atoms with van der Waals surface area (Å²) in [5, 5.41) is 2.80. The number of fused-ring (bicyclic) bond motifs is 1. The van der Waals surface area contributed by atoms with Gasteiger partial charge in [0.2, 0.25) is 0 Å². The predicted molar refractivity (Wildman–Crippen MR) is 110 cm³/mol. The van der Waals surface area contributed by atoms with Crippen LogP contribution >= 0.6 is 0 Å². The standard InChI is InChI=1S/C23H21NO3S/c1-16-11-13-19(14-12-16)28(26,27)23(15-18-8-4-3-7-17(18)2)20-9-5-6-10-21(20)24-22(23)25/h3-14H,15H2,1-2H3,(H,24,25). The number of anilines is 1. The lowest BCUT2D eigenvalue weighted by Gasteiger charge is -2.28. The average Bonchev–Trinajstić information content (AvgIpc) is 2.97. The largest absolute Gasteiger partial charge is 0.324 e. The fourth-order valence-electron chi connectivity index (χ4n) is 3.82. The molecule has 28 heavy (non-hydrogen) atoms. The highest BCUT2D eigenvalue weighted by molar-refractivity contribution is 7.93. The number of sulfone groups is 1. The Bertz CT molecular complexity index is 1170. The molecule has 0 aromatic heterocycles. The van der Waals surface area contributed by atoms with E-state index in [2.05, 4.69) is 5.32 Å². The number of nitrogens with one attached hydrogen (secondary N) is 1. The Morgan fingerprint density at radius 2 is 1.50 bits per heavy atom. The molecule has 1 atom stereocenters. The van der Waals surface area contributed by atoms with Crippen molar-refractivity contribution in [2.75, 3.05) is 5.32 Å². The summed E-state index contributed by atoms with van der Waals surface area (Å²) >= 11 is 0. The van der Waals surface area contributed by atoms with Gasteiger partial charge >= 0.3 is 0 Å². The van der Waals surface area contributed by atoms with E-state index in [0.717, 1.165) is 16.7 Å². The second-order valence-electron chi connectivity index (χ2n) is 7.25. The summed E-state index contributed by atoms with van der Waals surface area (Å²) in [7, 11) is -4.01. The molecule has 5 heteroatoms. The van der Waals surface area contributed by atoms with E-state index in [0.29, 0.717) is 11.3 Å². The van der Waals surface area contributed by atoms with E-state index in [1.165, 1.54) is 0 Å². The van der Waals surface area contributed by atoms with Gasteiger partial charge < -0.3 is 5.32 Å². The Hall–Kier alpha value is -2.92. The van der Waals surface area contributed by atoms with Gasteiger partial charge in [0.1, 0.15) is 0 Å². The van der Waals surface area contributed by atoms with Gasteiger partial charge in [0.05, 0.1) is 4.90 Å². The number of hydrogen-bond acceptors (Lipinski definition) is 3. The zero-order valence-corrected chi connectivity index (χ0v) is 16.6. The van der Waals surface area contributed by atoms with E-state index >= 15 is 0 Å². The lowest BCUT2D eigenvalue weighted by Crippen LogP contribution is -2.44. The lowest BCUT2D eigenvalue weighted by atomic mass is 9.90. The first-order chi connectivity index (χ1) is 13.4. The maximum Gasteiger partial charge on any atom is 0.251 e. The SMILES string of the molecule is Cc1ccc(S(=O)(=O)C2(Cc3ccccc3C)C(=O)Nc3ccccc32)cc1. The molecule has 4 nitrogen and oxygen atoms in total. The molecule has 1 N–H and O–H groups in total. The van der Waals surface area contributed by atoms with Gasteiger partial charge in [-0.15, -0.1) is 0 Å². The maximum atomic E-state index is 13.9. The van der Waals surface area contributed by atoms with Gasteiger partial charge in [0.15, 0.2) is 14.6 Å².